The number of hydrogen-bond acceptors (Lipinski definition) is 5. The van der Waals surface area contributed by atoms with Crippen molar-refractivity contribution in [1.82, 2.24) is 19.7 Å². The number of benzene rings is 1. The van der Waals surface area contributed by atoms with Crippen LogP contribution in [0.25, 0.3) is 0 Å². The Balaban J connectivity index is 1.80. The van der Waals surface area contributed by atoms with Crippen molar-refractivity contribution in [2.75, 3.05) is 5.73 Å². The molecule has 2 aromatic heterocycles. The molecule has 134 valence electrons. The normalized spacial score (nSPS) is 10.7. The van der Waals surface area contributed by atoms with E-state index in [2.05, 4.69) is 10.1 Å². The first-order valence-electron chi connectivity index (χ1n) is 8.26. The summed E-state index contributed by atoms with van der Waals surface area (Å²) < 4.78 is 1.50. The zero-order valence-corrected chi connectivity index (χ0v) is 14.5. The third-order valence-electron chi connectivity index (χ3n) is 3.98. The minimum atomic E-state index is -0.100. The van der Waals surface area contributed by atoms with Gasteiger partial charge in [0, 0.05) is 31.5 Å². The molecule has 1 aromatic carbocycles. The smallest absolute Gasteiger partial charge is 0.244 e. The summed E-state index contributed by atoms with van der Waals surface area (Å²) >= 11 is 0. The average molecular weight is 351 g/mol. The van der Waals surface area contributed by atoms with Gasteiger partial charge in [-0.3, -0.25) is 9.78 Å². The third-order valence-corrected chi connectivity index (χ3v) is 3.98. The summed E-state index contributed by atoms with van der Waals surface area (Å²) in [6.45, 7) is 2.74. The minimum Gasteiger partial charge on any atom is -0.508 e. The molecule has 3 N–H and O–H groups in total. The number of pyridine rings is 1. The van der Waals surface area contributed by atoms with Crippen molar-refractivity contribution < 1.29 is 9.90 Å². The second-order valence-electron chi connectivity index (χ2n) is 6.15. The number of anilines is 1. The summed E-state index contributed by atoms with van der Waals surface area (Å²) in [5.41, 5.74) is 8.53. The first-order valence-corrected chi connectivity index (χ1v) is 8.26. The van der Waals surface area contributed by atoms with Crippen molar-refractivity contribution in [2.45, 2.75) is 26.6 Å². The van der Waals surface area contributed by atoms with Crippen molar-refractivity contribution in [2.24, 2.45) is 0 Å². The molecule has 2 heterocycles. The fourth-order valence-corrected chi connectivity index (χ4v) is 2.69. The van der Waals surface area contributed by atoms with E-state index in [0.717, 1.165) is 16.8 Å². The molecule has 0 radical (unpaired) electrons. The highest BCUT2D eigenvalue weighted by Gasteiger charge is 2.17. The van der Waals surface area contributed by atoms with E-state index < -0.39 is 0 Å². The summed E-state index contributed by atoms with van der Waals surface area (Å²) in [5.74, 6) is 0.553. The number of amides is 1. The molecule has 0 saturated heterocycles. The fourth-order valence-electron chi connectivity index (χ4n) is 2.69. The van der Waals surface area contributed by atoms with Crippen molar-refractivity contribution in [3.63, 3.8) is 0 Å². The van der Waals surface area contributed by atoms with Crippen LogP contribution in [0.2, 0.25) is 0 Å². The Morgan fingerprint density at radius 2 is 1.92 bits per heavy atom. The van der Waals surface area contributed by atoms with E-state index in [4.69, 9.17) is 5.73 Å². The van der Waals surface area contributed by atoms with Crippen molar-refractivity contribution in [3.8, 4) is 5.75 Å². The lowest BCUT2D eigenvalue weighted by Gasteiger charge is -2.23. The van der Waals surface area contributed by atoms with Gasteiger partial charge >= 0.3 is 0 Å². The van der Waals surface area contributed by atoms with Crippen molar-refractivity contribution in [3.05, 3.63) is 71.7 Å². The molecule has 3 rings (SSSR count). The minimum absolute atomic E-state index is 0.0675. The van der Waals surface area contributed by atoms with Crippen LogP contribution >= 0.6 is 0 Å². The number of nitrogen functional groups attached to an aromatic ring is 1. The van der Waals surface area contributed by atoms with Crippen LogP contribution in [0.5, 0.6) is 5.75 Å². The molecule has 1 amide bonds. The number of rotatable bonds is 6. The molecule has 3 aromatic rings. The van der Waals surface area contributed by atoms with Gasteiger partial charge in [-0.1, -0.05) is 18.2 Å². The maximum absolute atomic E-state index is 12.9. The first-order chi connectivity index (χ1) is 12.5. The number of hydrogen-bond donors (Lipinski definition) is 2. The number of nitrogens with two attached hydrogens (primary N) is 1. The molecule has 26 heavy (non-hydrogen) atoms. The van der Waals surface area contributed by atoms with Crippen LogP contribution in [-0.4, -0.2) is 30.7 Å². The van der Waals surface area contributed by atoms with Crippen LogP contribution < -0.4 is 5.73 Å². The van der Waals surface area contributed by atoms with Crippen LogP contribution in [0.1, 0.15) is 16.8 Å². The lowest BCUT2D eigenvalue weighted by molar-refractivity contribution is -0.133. The molecule has 7 heteroatoms. The number of carbonyl (C=O) groups is 1. The molecule has 7 nitrogen and oxygen atoms in total. The Hall–Kier alpha value is -3.35. The zero-order chi connectivity index (χ0) is 18.5. The largest absolute Gasteiger partial charge is 0.508 e. The second kappa shape index (κ2) is 7.69. The highest BCUT2D eigenvalue weighted by Crippen LogP contribution is 2.15. The van der Waals surface area contributed by atoms with Gasteiger partial charge in [-0.2, -0.15) is 5.10 Å². The number of phenolic OH excluding ortho intramolecular Hbond substituents is 1. The predicted octanol–water partition coefficient (Wildman–Crippen LogP) is 2.10. The van der Waals surface area contributed by atoms with Crippen LogP contribution in [0.3, 0.4) is 0 Å². The molecule has 0 saturated carbocycles. The van der Waals surface area contributed by atoms with E-state index in [-0.39, 0.29) is 18.2 Å². The lowest BCUT2D eigenvalue weighted by Crippen LogP contribution is -2.33. The number of carbonyl (C=O) groups excluding carboxylic acids is 1. The molecular formula is C19H21N5O2. The van der Waals surface area contributed by atoms with Gasteiger partial charge in [0.1, 0.15) is 18.1 Å². The molecule has 0 unspecified atom stereocenters. The van der Waals surface area contributed by atoms with Crippen LogP contribution in [0, 0.1) is 6.92 Å². The Morgan fingerprint density at radius 1 is 1.19 bits per heavy atom. The summed E-state index contributed by atoms with van der Waals surface area (Å²) in [4.78, 5) is 18.7. The van der Waals surface area contributed by atoms with Gasteiger partial charge in [0.25, 0.3) is 0 Å². The molecular weight excluding hydrogens is 330 g/mol. The highest BCUT2D eigenvalue weighted by atomic mass is 16.3. The highest BCUT2D eigenvalue weighted by molar-refractivity contribution is 5.76. The topological polar surface area (TPSA) is 97.3 Å². The molecule has 0 aliphatic rings. The van der Waals surface area contributed by atoms with E-state index in [0.29, 0.717) is 18.9 Å². The molecule has 0 bridgehead atoms. The molecule has 0 aliphatic carbocycles. The molecule has 0 atom stereocenters. The Kier molecular flexibility index (Phi) is 5.17. The van der Waals surface area contributed by atoms with Crippen molar-refractivity contribution in [1.29, 1.82) is 0 Å². The Morgan fingerprint density at radius 3 is 2.54 bits per heavy atom. The van der Waals surface area contributed by atoms with Gasteiger partial charge in [0.05, 0.1) is 5.69 Å². The SMILES string of the molecule is Cc1cc(N)n(CC(=O)N(Cc2ccc(O)cc2)Cc2cccnc2)n1. The standard InChI is InChI=1S/C19H21N5O2/c1-14-9-18(20)24(22-14)13-19(26)23(12-16-3-2-8-21-10-16)11-15-4-6-17(25)7-5-15/h2-10,25H,11-13,20H2,1H3. The van der Waals surface area contributed by atoms with E-state index in [9.17, 15) is 9.90 Å². The number of nitrogens with zero attached hydrogens (tertiary/aromatic N) is 4. The van der Waals surface area contributed by atoms with Crippen LogP contribution in [0.15, 0.2) is 54.9 Å². The number of aromatic hydroxyl groups is 1. The number of phenols is 1. The fraction of sp³-hybridized carbons (Fsp3) is 0.211. The van der Waals surface area contributed by atoms with Gasteiger partial charge in [-0.15, -0.1) is 0 Å². The quantitative estimate of drug-likeness (QED) is 0.709. The van der Waals surface area contributed by atoms with Crippen LogP contribution in [0.4, 0.5) is 5.82 Å². The van der Waals surface area contributed by atoms with E-state index in [1.165, 1.54) is 4.68 Å². The van der Waals surface area contributed by atoms with Gasteiger partial charge < -0.3 is 15.7 Å². The predicted molar refractivity (Wildman–Crippen MR) is 98.0 cm³/mol. The lowest BCUT2D eigenvalue weighted by atomic mass is 10.2. The maximum atomic E-state index is 12.9. The number of aromatic nitrogens is 3. The molecule has 0 fully saturated rings. The third kappa shape index (κ3) is 4.38. The van der Waals surface area contributed by atoms with E-state index in [1.807, 2.05) is 19.1 Å². The first kappa shape index (κ1) is 17.5. The Labute approximate surface area is 151 Å². The van der Waals surface area contributed by atoms with E-state index >= 15 is 0 Å². The van der Waals surface area contributed by atoms with Crippen molar-refractivity contribution >= 4 is 11.7 Å². The zero-order valence-electron chi connectivity index (χ0n) is 14.5. The monoisotopic (exact) mass is 351 g/mol. The van der Waals surface area contributed by atoms with Crippen LogP contribution in [-0.2, 0) is 24.4 Å². The van der Waals surface area contributed by atoms with Gasteiger partial charge in [-0.25, -0.2) is 4.68 Å². The maximum Gasteiger partial charge on any atom is 0.244 e. The van der Waals surface area contributed by atoms with Gasteiger partial charge in [0.15, 0.2) is 0 Å². The molecule has 0 spiro atoms. The van der Waals surface area contributed by atoms with Gasteiger partial charge in [0.2, 0.25) is 5.91 Å². The Bertz CT molecular complexity index is 875. The summed E-state index contributed by atoms with van der Waals surface area (Å²) in [5, 5.41) is 13.7. The summed E-state index contributed by atoms with van der Waals surface area (Å²) in [6, 6.07) is 12.3. The summed E-state index contributed by atoms with van der Waals surface area (Å²) in [7, 11) is 0. The average Bonchev–Trinajstić information content (AvgIpc) is 2.94. The second-order valence-corrected chi connectivity index (χ2v) is 6.15. The summed E-state index contributed by atoms with van der Waals surface area (Å²) in [6.07, 6.45) is 3.44. The van der Waals surface area contributed by atoms with Gasteiger partial charge in [-0.05, 0) is 36.2 Å². The molecule has 0 aliphatic heterocycles. The van der Waals surface area contributed by atoms with E-state index in [1.54, 1.807) is 47.6 Å². The number of aryl methyl sites for hydroxylation is 1.